The number of halogens is 1. The minimum Gasteiger partial charge on any atom is -0.486 e. The molecule has 1 aliphatic heterocycles. The summed E-state index contributed by atoms with van der Waals surface area (Å²) in [5, 5.41) is 27.1. The quantitative estimate of drug-likeness (QED) is 0.691. The summed E-state index contributed by atoms with van der Waals surface area (Å²) in [4.78, 5) is 0. The molecule has 3 heterocycles. The molecule has 1 aliphatic rings. The van der Waals surface area contributed by atoms with E-state index < -0.39 is 6.10 Å². The first-order valence-corrected chi connectivity index (χ1v) is 9.44. The number of rotatable bonds is 4. The number of anilines is 1. The SMILES string of the molecule is CC(C)(C)c1nnc2ccc(NCC(O)c3cc(Cl)c4c(c3)OCCO4)nn12. The van der Waals surface area contributed by atoms with E-state index in [2.05, 4.69) is 41.4 Å². The van der Waals surface area contributed by atoms with Crippen molar-refractivity contribution in [2.75, 3.05) is 25.1 Å². The fourth-order valence-corrected chi connectivity index (χ4v) is 3.27. The average Bonchev–Trinajstić information content (AvgIpc) is 3.09. The van der Waals surface area contributed by atoms with Crippen LogP contribution in [0.4, 0.5) is 5.82 Å². The number of nitrogens with one attached hydrogen (secondary N) is 1. The summed E-state index contributed by atoms with van der Waals surface area (Å²) >= 11 is 6.26. The van der Waals surface area contributed by atoms with E-state index in [1.807, 2.05) is 6.07 Å². The highest BCUT2D eigenvalue weighted by Gasteiger charge is 2.22. The normalized spacial score (nSPS) is 14.9. The fourth-order valence-electron chi connectivity index (χ4n) is 2.99. The molecule has 1 atom stereocenters. The van der Waals surface area contributed by atoms with E-state index >= 15 is 0 Å². The van der Waals surface area contributed by atoms with Crippen LogP contribution in [0.25, 0.3) is 5.65 Å². The van der Waals surface area contributed by atoms with Gasteiger partial charge in [0, 0.05) is 12.0 Å². The monoisotopic (exact) mass is 403 g/mol. The Morgan fingerprint density at radius 2 is 2.00 bits per heavy atom. The zero-order valence-corrected chi connectivity index (χ0v) is 16.7. The highest BCUT2D eigenvalue weighted by Crippen LogP contribution is 2.39. The number of fused-ring (bicyclic) bond motifs is 2. The van der Waals surface area contributed by atoms with Gasteiger partial charge in [-0.1, -0.05) is 32.4 Å². The number of ether oxygens (including phenoxy) is 2. The highest BCUT2D eigenvalue weighted by molar-refractivity contribution is 6.32. The molecule has 0 bridgehead atoms. The number of benzene rings is 1. The summed E-state index contributed by atoms with van der Waals surface area (Å²) in [6, 6.07) is 7.08. The van der Waals surface area contributed by atoms with E-state index in [4.69, 9.17) is 21.1 Å². The fraction of sp³-hybridized carbons (Fsp3) is 0.421. The van der Waals surface area contributed by atoms with Crippen LogP contribution in [0.2, 0.25) is 5.02 Å². The third-order valence-corrected chi connectivity index (χ3v) is 4.69. The molecule has 1 aromatic carbocycles. The van der Waals surface area contributed by atoms with Gasteiger partial charge in [-0.25, -0.2) is 0 Å². The van der Waals surface area contributed by atoms with E-state index in [-0.39, 0.29) is 12.0 Å². The molecule has 28 heavy (non-hydrogen) atoms. The molecule has 0 amide bonds. The van der Waals surface area contributed by atoms with Crippen LogP contribution in [0, 0.1) is 0 Å². The molecule has 0 aliphatic carbocycles. The molecule has 0 fully saturated rings. The molecule has 2 aromatic heterocycles. The van der Waals surface area contributed by atoms with E-state index in [1.54, 1.807) is 22.7 Å². The first kappa shape index (κ1) is 18.8. The van der Waals surface area contributed by atoms with Crippen molar-refractivity contribution in [2.45, 2.75) is 32.3 Å². The second-order valence-corrected chi connectivity index (χ2v) is 8.09. The predicted octanol–water partition coefficient (Wildman–Crippen LogP) is 2.99. The maximum absolute atomic E-state index is 10.6. The van der Waals surface area contributed by atoms with E-state index in [1.165, 1.54) is 0 Å². The molecule has 148 valence electrons. The van der Waals surface area contributed by atoms with Gasteiger partial charge in [-0.05, 0) is 29.8 Å². The van der Waals surface area contributed by atoms with Gasteiger partial charge in [0.05, 0.1) is 11.1 Å². The molecular formula is C19H22ClN5O3. The number of aromatic nitrogens is 4. The summed E-state index contributed by atoms with van der Waals surface area (Å²) < 4.78 is 12.8. The van der Waals surface area contributed by atoms with Gasteiger partial charge in [-0.2, -0.15) is 4.52 Å². The maximum Gasteiger partial charge on any atom is 0.179 e. The second-order valence-electron chi connectivity index (χ2n) is 7.69. The molecule has 0 radical (unpaired) electrons. The Labute approximate surface area is 167 Å². The van der Waals surface area contributed by atoms with Gasteiger partial charge in [0.25, 0.3) is 0 Å². The molecule has 0 saturated heterocycles. The van der Waals surface area contributed by atoms with Gasteiger partial charge >= 0.3 is 0 Å². The third kappa shape index (κ3) is 3.57. The predicted molar refractivity (Wildman–Crippen MR) is 105 cm³/mol. The molecule has 0 spiro atoms. The van der Waals surface area contributed by atoms with Crippen LogP contribution in [-0.2, 0) is 5.41 Å². The molecule has 8 nitrogen and oxygen atoms in total. The Morgan fingerprint density at radius 1 is 1.21 bits per heavy atom. The van der Waals surface area contributed by atoms with Crippen molar-refractivity contribution >= 4 is 23.1 Å². The van der Waals surface area contributed by atoms with E-state index in [0.29, 0.717) is 46.8 Å². The highest BCUT2D eigenvalue weighted by atomic mass is 35.5. The number of aliphatic hydroxyl groups excluding tert-OH is 1. The number of hydrogen-bond donors (Lipinski definition) is 2. The minimum absolute atomic E-state index is 0.188. The summed E-state index contributed by atoms with van der Waals surface area (Å²) in [6.07, 6.45) is -0.797. The van der Waals surface area contributed by atoms with Crippen LogP contribution in [0.5, 0.6) is 11.5 Å². The third-order valence-electron chi connectivity index (χ3n) is 4.41. The topological polar surface area (TPSA) is 93.8 Å². The molecule has 3 aromatic rings. The molecule has 0 saturated carbocycles. The van der Waals surface area contributed by atoms with Crippen LogP contribution >= 0.6 is 11.6 Å². The van der Waals surface area contributed by atoms with Crippen LogP contribution in [0.15, 0.2) is 24.3 Å². The average molecular weight is 404 g/mol. The number of hydrogen-bond acceptors (Lipinski definition) is 7. The summed E-state index contributed by atoms with van der Waals surface area (Å²) in [7, 11) is 0. The van der Waals surface area contributed by atoms with Crippen LogP contribution in [0.1, 0.15) is 38.3 Å². The Kier molecular flexibility index (Phi) is 4.76. The summed E-state index contributed by atoms with van der Waals surface area (Å²) in [5.74, 6) is 2.45. The van der Waals surface area contributed by atoms with E-state index in [0.717, 1.165) is 5.82 Å². The lowest BCUT2D eigenvalue weighted by Gasteiger charge is -2.21. The lowest BCUT2D eigenvalue weighted by molar-refractivity contribution is 0.167. The zero-order valence-electron chi connectivity index (χ0n) is 15.9. The standard InChI is InChI=1S/C19H22ClN5O3/c1-19(2,3)18-23-22-16-5-4-15(24-25(16)18)21-10-13(26)11-8-12(20)17-14(9-11)27-6-7-28-17/h4-5,8-9,13,26H,6-7,10H2,1-3H3,(H,21,24). The van der Waals surface area contributed by atoms with Gasteiger partial charge in [0.1, 0.15) is 19.0 Å². The largest absolute Gasteiger partial charge is 0.486 e. The van der Waals surface area contributed by atoms with Gasteiger partial charge < -0.3 is 19.9 Å². The molecule has 1 unspecified atom stereocenters. The van der Waals surface area contributed by atoms with Gasteiger partial charge in [0.2, 0.25) is 0 Å². The van der Waals surface area contributed by atoms with Crippen molar-refractivity contribution < 1.29 is 14.6 Å². The Hall–Kier alpha value is -2.58. The van der Waals surface area contributed by atoms with Gasteiger partial charge in [0.15, 0.2) is 23.0 Å². The number of nitrogens with zero attached hydrogens (tertiary/aromatic N) is 4. The Balaban J connectivity index is 1.52. The minimum atomic E-state index is -0.797. The van der Waals surface area contributed by atoms with Crippen LogP contribution < -0.4 is 14.8 Å². The Morgan fingerprint density at radius 3 is 2.79 bits per heavy atom. The molecular weight excluding hydrogens is 382 g/mol. The van der Waals surface area contributed by atoms with Gasteiger partial charge in [-0.15, -0.1) is 15.3 Å². The second kappa shape index (κ2) is 7.10. The van der Waals surface area contributed by atoms with Crippen molar-refractivity contribution in [1.29, 1.82) is 0 Å². The van der Waals surface area contributed by atoms with Gasteiger partial charge in [-0.3, -0.25) is 0 Å². The molecule has 2 N–H and O–H groups in total. The van der Waals surface area contributed by atoms with Crippen LogP contribution in [0.3, 0.4) is 0 Å². The van der Waals surface area contributed by atoms with Crippen molar-refractivity contribution in [1.82, 2.24) is 19.8 Å². The van der Waals surface area contributed by atoms with Crippen molar-refractivity contribution in [3.05, 3.63) is 40.7 Å². The lowest BCUT2D eigenvalue weighted by Crippen LogP contribution is -2.19. The molecule has 9 heteroatoms. The van der Waals surface area contributed by atoms with Crippen LogP contribution in [-0.4, -0.2) is 44.7 Å². The van der Waals surface area contributed by atoms with Crippen molar-refractivity contribution in [3.8, 4) is 11.5 Å². The smallest absolute Gasteiger partial charge is 0.179 e. The first-order chi connectivity index (χ1) is 13.3. The maximum atomic E-state index is 10.6. The zero-order chi connectivity index (χ0) is 19.9. The first-order valence-electron chi connectivity index (χ1n) is 9.07. The molecule has 4 rings (SSSR count). The summed E-state index contributed by atoms with van der Waals surface area (Å²) in [5.41, 5.74) is 1.13. The summed E-state index contributed by atoms with van der Waals surface area (Å²) in [6.45, 7) is 7.34. The van der Waals surface area contributed by atoms with Crippen molar-refractivity contribution in [3.63, 3.8) is 0 Å². The van der Waals surface area contributed by atoms with E-state index in [9.17, 15) is 5.11 Å². The Bertz CT molecular complexity index is 1010. The van der Waals surface area contributed by atoms with Crippen molar-refractivity contribution in [2.24, 2.45) is 0 Å². The lowest BCUT2D eigenvalue weighted by atomic mass is 9.96. The number of aliphatic hydroxyl groups is 1.